The van der Waals surface area contributed by atoms with E-state index in [9.17, 15) is 9.59 Å². The fourth-order valence-corrected chi connectivity index (χ4v) is 4.96. The van der Waals surface area contributed by atoms with E-state index in [0.717, 1.165) is 36.8 Å². The average Bonchev–Trinajstić information content (AvgIpc) is 2.85. The second-order valence-electron chi connectivity index (χ2n) is 9.64. The van der Waals surface area contributed by atoms with E-state index in [4.69, 9.17) is 0 Å². The molecule has 0 bridgehead atoms. The summed E-state index contributed by atoms with van der Waals surface area (Å²) in [5.74, 6) is -0.131. The Morgan fingerprint density at radius 2 is 1.61 bits per heavy atom. The summed E-state index contributed by atoms with van der Waals surface area (Å²) in [6.07, 6.45) is 16.8. The van der Waals surface area contributed by atoms with Gasteiger partial charge in [0.25, 0.3) is 0 Å². The van der Waals surface area contributed by atoms with E-state index in [-0.39, 0.29) is 11.6 Å². The molecule has 1 aromatic carbocycles. The molecule has 3 unspecified atom stereocenters. The zero-order chi connectivity index (χ0) is 23.5. The van der Waals surface area contributed by atoms with Crippen LogP contribution >= 0.6 is 0 Å². The highest BCUT2D eigenvalue weighted by Gasteiger charge is 2.38. The Kier molecular flexibility index (Phi) is 10.2. The van der Waals surface area contributed by atoms with Gasteiger partial charge >= 0.3 is 0 Å². The van der Waals surface area contributed by atoms with Crippen LogP contribution in [-0.4, -0.2) is 21.5 Å². The first-order valence-corrected chi connectivity index (χ1v) is 13.1. The van der Waals surface area contributed by atoms with Crippen LogP contribution in [0.3, 0.4) is 0 Å². The maximum absolute atomic E-state index is 13.6. The molecule has 1 aliphatic rings. The zero-order valence-corrected chi connectivity index (χ0v) is 20.5. The lowest BCUT2D eigenvalue weighted by Gasteiger charge is -2.28. The van der Waals surface area contributed by atoms with Gasteiger partial charge in [0.15, 0.2) is 5.78 Å². The average molecular weight is 449 g/mol. The summed E-state index contributed by atoms with van der Waals surface area (Å²) in [7, 11) is 0. The lowest BCUT2D eigenvalue weighted by atomic mass is 9.74. The van der Waals surface area contributed by atoms with Crippen LogP contribution in [0.5, 0.6) is 0 Å². The Morgan fingerprint density at radius 3 is 2.24 bits per heavy atom. The van der Waals surface area contributed by atoms with Gasteiger partial charge in [0.05, 0.1) is 5.92 Å². The van der Waals surface area contributed by atoms with Crippen molar-refractivity contribution in [3.8, 4) is 0 Å². The molecule has 0 aliphatic heterocycles. The smallest absolute Gasteiger partial charge is 0.158 e. The molecule has 1 fully saturated rings. The molecular formula is C29H40N2O2. The molecule has 178 valence electrons. The minimum Gasteiger partial charge on any atom is -0.299 e. The van der Waals surface area contributed by atoms with Crippen LogP contribution in [-0.2, 0) is 16.0 Å². The first kappa shape index (κ1) is 25.3. The predicted molar refractivity (Wildman–Crippen MR) is 133 cm³/mol. The molecule has 0 radical (unpaired) electrons. The third-order valence-corrected chi connectivity index (χ3v) is 7.13. The van der Waals surface area contributed by atoms with Crippen LogP contribution in [0.25, 0.3) is 0 Å². The number of carbonyl (C=O) groups is 2. The number of Topliss-reactive ketones (excluding diaryl/α,β-unsaturated/α-hetero) is 2. The van der Waals surface area contributed by atoms with Crippen LogP contribution < -0.4 is 0 Å². The number of benzene rings is 1. The number of unbranched alkanes of at least 4 members (excludes halogenated alkanes) is 6. The largest absolute Gasteiger partial charge is 0.299 e. The van der Waals surface area contributed by atoms with Gasteiger partial charge in [-0.05, 0) is 42.7 Å². The molecule has 1 aliphatic carbocycles. The van der Waals surface area contributed by atoms with Crippen molar-refractivity contribution in [2.75, 3.05) is 0 Å². The molecule has 3 rings (SSSR count). The van der Waals surface area contributed by atoms with Gasteiger partial charge in [-0.25, -0.2) is 9.97 Å². The summed E-state index contributed by atoms with van der Waals surface area (Å²) >= 11 is 0. The van der Waals surface area contributed by atoms with Crippen LogP contribution in [0.15, 0.2) is 42.7 Å². The molecule has 1 saturated carbocycles. The number of rotatable bonds is 13. The number of aromatic nitrogens is 2. The normalized spacial score (nSPS) is 19.4. The summed E-state index contributed by atoms with van der Waals surface area (Å²) in [5.41, 5.74) is 1.99. The molecule has 33 heavy (non-hydrogen) atoms. The number of ketones is 2. The molecular weight excluding hydrogens is 408 g/mol. The molecule has 2 aromatic rings. The number of hydrogen-bond donors (Lipinski definition) is 0. The molecule has 1 aromatic heterocycles. The summed E-state index contributed by atoms with van der Waals surface area (Å²) in [5, 5.41) is 0. The molecule has 0 amide bonds. The van der Waals surface area contributed by atoms with Crippen molar-refractivity contribution in [3.63, 3.8) is 0 Å². The van der Waals surface area contributed by atoms with Crippen LogP contribution in [0.2, 0.25) is 0 Å². The van der Waals surface area contributed by atoms with E-state index >= 15 is 0 Å². The first-order chi connectivity index (χ1) is 16.1. The second kappa shape index (κ2) is 13.4. The fraction of sp³-hybridized carbons (Fsp3) is 0.586. The van der Waals surface area contributed by atoms with Gasteiger partial charge < -0.3 is 0 Å². The van der Waals surface area contributed by atoms with Gasteiger partial charge in [0, 0.05) is 18.8 Å². The third kappa shape index (κ3) is 7.31. The number of nitrogens with zero attached hydrogens (tertiary/aromatic N) is 2. The quantitative estimate of drug-likeness (QED) is 0.248. The molecule has 0 saturated heterocycles. The van der Waals surface area contributed by atoms with Crippen molar-refractivity contribution >= 4 is 11.6 Å². The van der Waals surface area contributed by atoms with Crippen molar-refractivity contribution in [2.45, 2.75) is 96.8 Å². The monoisotopic (exact) mass is 448 g/mol. The number of aryl methyl sites for hydroxylation is 1. The van der Waals surface area contributed by atoms with E-state index in [1.165, 1.54) is 38.5 Å². The Hall–Kier alpha value is -2.36. The van der Waals surface area contributed by atoms with Crippen LogP contribution in [0.1, 0.15) is 107 Å². The predicted octanol–water partition coefficient (Wildman–Crippen LogP) is 6.87. The standard InChI is InChI=1S/C29H40N2O2/c1-3-5-6-7-8-9-11-14-23-20-30-29(31-21-23)27(24-15-12-10-13-16-24)28(33)25-18-17-22(4-2)19-26(25)32/h10,12-13,15-16,20-22,25,27H,3-9,11,14,17-19H2,1-2H3. The SMILES string of the molecule is CCCCCCCCCc1cnc(C(C(=O)C2CCC(CC)CC2=O)c2ccccc2)nc1. The van der Waals surface area contributed by atoms with Crippen LogP contribution in [0.4, 0.5) is 0 Å². The van der Waals surface area contributed by atoms with E-state index in [2.05, 4.69) is 23.8 Å². The minimum atomic E-state index is -0.578. The molecule has 0 spiro atoms. The van der Waals surface area contributed by atoms with Gasteiger partial charge in [-0.2, -0.15) is 0 Å². The number of carbonyl (C=O) groups excluding carboxylic acids is 2. The summed E-state index contributed by atoms with van der Waals surface area (Å²) in [4.78, 5) is 35.6. The highest BCUT2D eigenvalue weighted by atomic mass is 16.2. The molecule has 4 heteroatoms. The third-order valence-electron chi connectivity index (χ3n) is 7.13. The molecule has 1 heterocycles. The molecule has 0 N–H and O–H groups in total. The zero-order valence-electron chi connectivity index (χ0n) is 20.5. The van der Waals surface area contributed by atoms with Gasteiger partial charge in [-0.3, -0.25) is 9.59 Å². The lowest BCUT2D eigenvalue weighted by molar-refractivity contribution is -0.135. The van der Waals surface area contributed by atoms with E-state index in [0.29, 0.717) is 24.6 Å². The van der Waals surface area contributed by atoms with E-state index in [1.54, 1.807) is 0 Å². The minimum absolute atomic E-state index is 0.0411. The van der Waals surface area contributed by atoms with E-state index in [1.807, 2.05) is 42.7 Å². The fourth-order valence-electron chi connectivity index (χ4n) is 4.96. The first-order valence-electron chi connectivity index (χ1n) is 13.1. The van der Waals surface area contributed by atoms with Gasteiger partial charge in [-0.1, -0.05) is 89.1 Å². The van der Waals surface area contributed by atoms with Crippen molar-refractivity contribution in [1.82, 2.24) is 9.97 Å². The Morgan fingerprint density at radius 1 is 0.939 bits per heavy atom. The Bertz CT molecular complexity index is 863. The molecule has 4 nitrogen and oxygen atoms in total. The van der Waals surface area contributed by atoms with Gasteiger partial charge in [0.2, 0.25) is 0 Å². The van der Waals surface area contributed by atoms with Gasteiger partial charge in [0.1, 0.15) is 17.5 Å². The maximum Gasteiger partial charge on any atom is 0.158 e. The lowest BCUT2D eigenvalue weighted by Crippen LogP contribution is -2.34. The van der Waals surface area contributed by atoms with E-state index < -0.39 is 11.8 Å². The molecule has 3 atom stereocenters. The summed E-state index contributed by atoms with van der Waals surface area (Å²) in [6, 6.07) is 9.69. The highest BCUT2D eigenvalue weighted by Crippen LogP contribution is 2.34. The summed E-state index contributed by atoms with van der Waals surface area (Å²) in [6.45, 7) is 4.36. The van der Waals surface area contributed by atoms with Crippen molar-refractivity contribution in [1.29, 1.82) is 0 Å². The highest BCUT2D eigenvalue weighted by molar-refractivity contribution is 6.06. The van der Waals surface area contributed by atoms with Gasteiger partial charge in [-0.15, -0.1) is 0 Å². The van der Waals surface area contributed by atoms with Crippen molar-refractivity contribution < 1.29 is 9.59 Å². The number of hydrogen-bond acceptors (Lipinski definition) is 4. The topological polar surface area (TPSA) is 59.9 Å². The second-order valence-corrected chi connectivity index (χ2v) is 9.64. The van der Waals surface area contributed by atoms with Crippen molar-refractivity contribution in [2.24, 2.45) is 11.8 Å². The Balaban J connectivity index is 1.67. The Labute approximate surface area is 199 Å². The summed E-state index contributed by atoms with van der Waals surface area (Å²) < 4.78 is 0. The maximum atomic E-state index is 13.6. The van der Waals surface area contributed by atoms with Crippen molar-refractivity contribution in [3.05, 3.63) is 59.7 Å². The van der Waals surface area contributed by atoms with Crippen LogP contribution in [0, 0.1) is 11.8 Å².